The van der Waals surface area contributed by atoms with Gasteiger partial charge in [-0.05, 0) is 44.0 Å². The lowest BCUT2D eigenvalue weighted by atomic mass is 10.1. The summed E-state index contributed by atoms with van der Waals surface area (Å²) in [6.45, 7) is 9.19. The molecule has 6 nitrogen and oxygen atoms in total. The third-order valence-electron chi connectivity index (χ3n) is 4.05. The van der Waals surface area contributed by atoms with Crippen molar-refractivity contribution >= 4 is 22.5 Å². The fourth-order valence-electron chi connectivity index (χ4n) is 2.45. The van der Waals surface area contributed by atoms with Gasteiger partial charge >= 0.3 is 5.97 Å². The van der Waals surface area contributed by atoms with Crippen LogP contribution in [0.3, 0.4) is 0 Å². The molecule has 0 atom stereocenters. The summed E-state index contributed by atoms with van der Waals surface area (Å²) >= 11 is 0. The number of rotatable bonds is 5. The Labute approximate surface area is 150 Å². The van der Waals surface area contributed by atoms with E-state index in [9.17, 15) is 4.79 Å². The first kappa shape index (κ1) is 17.4. The first-order valence-corrected chi connectivity index (χ1v) is 7.99. The van der Waals surface area contributed by atoms with Gasteiger partial charge in [-0.3, -0.25) is 0 Å². The van der Waals surface area contributed by atoms with Gasteiger partial charge in [0.05, 0.1) is 0 Å². The van der Waals surface area contributed by atoms with Gasteiger partial charge in [0.1, 0.15) is 5.58 Å². The van der Waals surface area contributed by atoms with Crippen LogP contribution >= 0.6 is 0 Å². The number of furan rings is 1. The highest BCUT2D eigenvalue weighted by Crippen LogP contribution is 2.31. The van der Waals surface area contributed by atoms with Crippen molar-refractivity contribution in [3.63, 3.8) is 0 Å². The molecule has 26 heavy (non-hydrogen) atoms. The second kappa shape index (κ2) is 6.84. The SMILES string of the molecule is C=C/C(=C\C=C(/C)C(=O)O)c1nnc(-c2cc3c(C)ccc(C)c3o2)o1. The molecule has 0 aliphatic heterocycles. The van der Waals surface area contributed by atoms with Crippen molar-refractivity contribution in [1.29, 1.82) is 0 Å². The highest BCUT2D eigenvalue weighted by molar-refractivity contribution is 5.87. The van der Waals surface area contributed by atoms with Crippen LogP contribution in [0.25, 0.3) is 28.2 Å². The minimum Gasteiger partial charge on any atom is -0.478 e. The summed E-state index contributed by atoms with van der Waals surface area (Å²) in [6.07, 6.45) is 4.55. The molecule has 0 bridgehead atoms. The standard InChI is InChI=1S/C20H18N2O4/c1-5-14(9-8-13(4)20(23)24)18-21-22-19(26-18)16-10-15-11(2)6-7-12(3)17(15)25-16/h5-10H,1H2,2-4H3,(H,23,24)/b13-8+,14-9+. The zero-order chi connectivity index (χ0) is 18.8. The lowest BCUT2D eigenvalue weighted by Gasteiger charge is -1.96. The van der Waals surface area contributed by atoms with Gasteiger partial charge in [-0.1, -0.05) is 30.9 Å². The van der Waals surface area contributed by atoms with Gasteiger partial charge in [0.2, 0.25) is 5.89 Å². The third-order valence-corrected chi connectivity index (χ3v) is 4.05. The molecule has 0 unspecified atom stereocenters. The number of nitrogens with zero attached hydrogens (tertiary/aromatic N) is 2. The maximum Gasteiger partial charge on any atom is 0.331 e. The van der Waals surface area contributed by atoms with Gasteiger partial charge in [0, 0.05) is 16.5 Å². The number of carboxylic acid groups (broad SMARTS) is 1. The van der Waals surface area contributed by atoms with Gasteiger partial charge in [0.25, 0.3) is 5.89 Å². The van der Waals surface area contributed by atoms with Crippen molar-refractivity contribution in [1.82, 2.24) is 10.2 Å². The minimum absolute atomic E-state index is 0.187. The molecule has 0 aliphatic carbocycles. The number of carboxylic acids is 1. The number of aromatic nitrogens is 2. The Morgan fingerprint density at radius 3 is 2.54 bits per heavy atom. The molecule has 2 heterocycles. The van der Waals surface area contributed by atoms with Crippen molar-refractivity contribution < 1.29 is 18.7 Å². The molecule has 0 saturated carbocycles. The molecule has 0 spiro atoms. The van der Waals surface area contributed by atoms with E-state index in [1.54, 1.807) is 6.08 Å². The van der Waals surface area contributed by atoms with E-state index in [4.69, 9.17) is 13.9 Å². The Kier molecular flexibility index (Phi) is 4.58. The van der Waals surface area contributed by atoms with E-state index in [1.807, 2.05) is 32.0 Å². The van der Waals surface area contributed by atoms with Crippen molar-refractivity contribution in [2.75, 3.05) is 0 Å². The van der Waals surface area contributed by atoms with Crippen LogP contribution in [0.4, 0.5) is 0 Å². The van der Waals surface area contributed by atoms with Crippen LogP contribution < -0.4 is 0 Å². The third kappa shape index (κ3) is 3.21. The highest BCUT2D eigenvalue weighted by atomic mass is 16.4. The second-order valence-electron chi connectivity index (χ2n) is 5.95. The number of fused-ring (bicyclic) bond motifs is 1. The number of benzene rings is 1. The van der Waals surface area contributed by atoms with Crippen LogP contribution in [-0.2, 0) is 4.79 Å². The van der Waals surface area contributed by atoms with E-state index in [0.717, 1.165) is 22.1 Å². The zero-order valence-electron chi connectivity index (χ0n) is 14.7. The largest absolute Gasteiger partial charge is 0.478 e. The quantitative estimate of drug-likeness (QED) is 0.530. The Morgan fingerprint density at radius 2 is 1.88 bits per heavy atom. The number of aliphatic carboxylic acids is 1. The summed E-state index contributed by atoms with van der Waals surface area (Å²) in [4.78, 5) is 10.9. The summed E-state index contributed by atoms with van der Waals surface area (Å²) in [7, 11) is 0. The molecular weight excluding hydrogens is 332 g/mol. The predicted octanol–water partition coefficient (Wildman–Crippen LogP) is 4.70. The molecule has 1 N–H and O–H groups in total. The maximum atomic E-state index is 10.9. The Morgan fingerprint density at radius 1 is 1.15 bits per heavy atom. The van der Waals surface area contributed by atoms with Gasteiger partial charge in [-0.25, -0.2) is 4.79 Å². The van der Waals surface area contributed by atoms with Crippen LogP contribution in [-0.4, -0.2) is 21.3 Å². The molecule has 6 heteroatoms. The van der Waals surface area contributed by atoms with Crippen molar-refractivity contribution in [3.05, 3.63) is 65.6 Å². The average Bonchev–Trinajstić information content (AvgIpc) is 3.26. The van der Waals surface area contributed by atoms with Gasteiger partial charge in [0.15, 0.2) is 5.76 Å². The van der Waals surface area contributed by atoms with E-state index >= 15 is 0 Å². The summed E-state index contributed by atoms with van der Waals surface area (Å²) in [5.41, 5.74) is 3.62. The molecule has 0 radical (unpaired) electrons. The van der Waals surface area contributed by atoms with E-state index in [1.165, 1.54) is 19.1 Å². The lowest BCUT2D eigenvalue weighted by Crippen LogP contribution is -1.94. The Bertz CT molecular complexity index is 1030. The molecule has 0 amide bonds. The molecule has 2 aromatic heterocycles. The van der Waals surface area contributed by atoms with E-state index in [2.05, 4.69) is 16.8 Å². The fraction of sp³-hybridized carbons (Fsp3) is 0.150. The van der Waals surface area contributed by atoms with E-state index in [0.29, 0.717) is 11.3 Å². The van der Waals surface area contributed by atoms with E-state index < -0.39 is 5.97 Å². The predicted molar refractivity (Wildman–Crippen MR) is 98.5 cm³/mol. The van der Waals surface area contributed by atoms with Crippen LogP contribution in [0.1, 0.15) is 23.9 Å². The number of hydrogen-bond donors (Lipinski definition) is 1. The summed E-state index contributed by atoms with van der Waals surface area (Å²) < 4.78 is 11.6. The maximum absolute atomic E-state index is 10.9. The lowest BCUT2D eigenvalue weighted by molar-refractivity contribution is -0.132. The highest BCUT2D eigenvalue weighted by Gasteiger charge is 2.16. The smallest absolute Gasteiger partial charge is 0.331 e. The number of carbonyl (C=O) groups is 1. The van der Waals surface area contributed by atoms with Crippen LogP contribution in [0.2, 0.25) is 0 Å². The Hall–Kier alpha value is -3.41. The molecule has 0 aliphatic rings. The number of aryl methyl sites for hydroxylation is 2. The van der Waals surface area contributed by atoms with Crippen molar-refractivity contribution in [2.45, 2.75) is 20.8 Å². The summed E-state index contributed by atoms with van der Waals surface area (Å²) in [5, 5.41) is 18.0. The molecule has 3 rings (SSSR count). The van der Waals surface area contributed by atoms with E-state index in [-0.39, 0.29) is 17.4 Å². The zero-order valence-corrected chi connectivity index (χ0v) is 14.7. The number of allylic oxidation sites excluding steroid dienone is 4. The van der Waals surface area contributed by atoms with Crippen LogP contribution in [0.5, 0.6) is 0 Å². The molecule has 132 valence electrons. The fourth-order valence-corrected chi connectivity index (χ4v) is 2.45. The second-order valence-corrected chi connectivity index (χ2v) is 5.95. The molecule has 1 aromatic carbocycles. The Balaban J connectivity index is 1.99. The molecule has 3 aromatic rings. The average molecular weight is 350 g/mol. The van der Waals surface area contributed by atoms with Crippen molar-refractivity contribution in [2.24, 2.45) is 0 Å². The van der Waals surface area contributed by atoms with Crippen LogP contribution in [0, 0.1) is 13.8 Å². The van der Waals surface area contributed by atoms with Gasteiger partial charge in [-0.2, -0.15) is 0 Å². The number of hydrogen-bond acceptors (Lipinski definition) is 5. The first-order chi connectivity index (χ1) is 12.4. The summed E-state index contributed by atoms with van der Waals surface area (Å²) in [5.74, 6) is -0.0271. The topological polar surface area (TPSA) is 89.4 Å². The van der Waals surface area contributed by atoms with Gasteiger partial charge in [-0.15, -0.1) is 10.2 Å². The molecule has 0 fully saturated rings. The molecule has 0 saturated heterocycles. The van der Waals surface area contributed by atoms with Crippen LogP contribution in [0.15, 0.2) is 57.4 Å². The van der Waals surface area contributed by atoms with Gasteiger partial charge < -0.3 is 13.9 Å². The minimum atomic E-state index is -0.996. The van der Waals surface area contributed by atoms with Crippen molar-refractivity contribution in [3.8, 4) is 11.7 Å². The summed E-state index contributed by atoms with van der Waals surface area (Å²) in [6, 6.07) is 5.91. The first-order valence-electron chi connectivity index (χ1n) is 7.99. The monoisotopic (exact) mass is 350 g/mol. The normalized spacial score (nSPS) is 12.6. The molecular formula is C20H18N2O4.